The summed E-state index contributed by atoms with van der Waals surface area (Å²) in [6.45, 7) is 0.445. The second-order valence-electron chi connectivity index (χ2n) is 6.84. The standard InChI is InChI=1S/C22H21F3N4O/c1-29(28-18-12-10-17(11-13-18)22(23,24)25)14-15-6-8-16(9-7-15)21(30)27-20-5-3-2-4-19(20)26/h2-12H,13-14,26H2,1H3,(H,27,30)/b28-18-. The van der Waals surface area contributed by atoms with E-state index in [-0.39, 0.29) is 12.3 Å². The van der Waals surface area contributed by atoms with Crippen molar-refractivity contribution in [3.05, 3.63) is 83.5 Å². The monoisotopic (exact) mass is 414 g/mol. The van der Waals surface area contributed by atoms with Gasteiger partial charge in [0.05, 0.1) is 29.2 Å². The number of nitrogens with two attached hydrogens (primary N) is 1. The summed E-state index contributed by atoms with van der Waals surface area (Å²) in [6.07, 6.45) is -0.684. The Balaban J connectivity index is 1.58. The Kier molecular flexibility index (Phi) is 6.25. The SMILES string of the molecule is CN(Cc1ccc(C(=O)Nc2ccccc2N)cc1)/N=C1/C=CC(C(F)(F)F)=CC1. The summed E-state index contributed by atoms with van der Waals surface area (Å²) in [5.74, 6) is -0.271. The van der Waals surface area contributed by atoms with Gasteiger partial charge in [-0.2, -0.15) is 18.3 Å². The molecule has 2 aromatic carbocycles. The van der Waals surface area contributed by atoms with Crippen molar-refractivity contribution < 1.29 is 18.0 Å². The van der Waals surface area contributed by atoms with Crippen molar-refractivity contribution in [1.82, 2.24) is 5.01 Å². The summed E-state index contributed by atoms with van der Waals surface area (Å²) in [5.41, 5.74) is 8.14. The predicted octanol–water partition coefficient (Wildman–Crippen LogP) is 4.76. The van der Waals surface area contributed by atoms with Crippen LogP contribution in [0.25, 0.3) is 0 Å². The number of benzene rings is 2. The topological polar surface area (TPSA) is 70.7 Å². The van der Waals surface area contributed by atoms with Crippen LogP contribution in [0, 0.1) is 0 Å². The lowest BCUT2D eigenvalue weighted by atomic mass is 10.1. The number of nitrogens with zero attached hydrogens (tertiary/aromatic N) is 2. The number of rotatable bonds is 5. The molecule has 0 bridgehead atoms. The van der Waals surface area contributed by atoms with Crippen LogP contribution in [-0.4, -0.2) is 29.9 Å². The van der Waals surface area contributed by atoms with E-state index in [1.54, 1.807) is 60.6 Å². The largest absolute Gasteiger partial charge is 0.416 e. The van der Waals surface area contributed by atoms with E-state index in [0.29, 0.717) is 29.2 Å². The third-order valence-electron chi connectivity index (χ3n) is 4.45. The lowest BCUT2D eigenvalue weighted by Crippen LogP contribution is -2.17. The second-order valence-corrected chi connectivity index (χ2v) is 6.84. The molecular weight excluding hydrogens is 393 g/mol. The zero-order valence-corrected chi connectivity index (χ0v) is 16.3. The van der Waals surface area contributed by atoms with Crippen LogP contribution in [-0.2, 0) is 6.54 Å². The van der Waals surface area contributed by atoms with E-state index < -0.39 is 11.7 Å². The first-order valence-corrected chi connectivity index (χ1v) is 9.21. The molecule has 0 heterocycles. The molecule has 3 N–H and O–H groups in total. The van der Waals surface area contributed by atoms with Gasteiger partial charge in [-0.25, -0.2) is 0 Å². The highest BCUT2D eigenvalue weighted by molar-refractivity contribution is 6.05. The van der Waals surface area contributed by atoms with Gasteiger partial charge in [-0.15, -0.1) is 0 Å². The van der Waals surface area contributed by atoms with Crippen molar-refractivity contribution in [2.24, 2.45) is 5.10 Å². The van der Waals surface area contributed by atoms with Crippen LogP contribution in [0.1, 0.15) is 22.3 Å². The van der Waals surface area contributed by atoms with Crippen LogP contribution < -0.4 is 11.1 Å². The van der Waals surface area contributed by atoms with Gasteiger partial charge in [-0.3, -0.25) is 9.80 Å². The molecule has 0 atom stereocenters. The molecule has 3 rings (SSSR count). The summed E-state index contributed by atoms with van der Waals surface area (Å²) >= 11 is 0. The predicted molar refractivity (Wildman–Crippen MR) is 112 cm³/mol. The fourth-order valence-electron chi connectivity index (χ4n) is 2.91. The number of hydrogen-bond donors (Lipinski definition) is 2. The number of nitrogens with one attached hydrogen (secondary N) is 1. The zero-order chi connectivity index (χ0) is 21.7. The van der Waals surface area contributed by atoms with E-state index in [2.05, 4.69) is 10.4 Å². The summed E-state index contributed by atoms with van der Waals surface area (Å²) in [6, 6.07) is 14.0. The third-order valence-corrected chi connectivity index (χ3v) is 4.45. The minimum absolute atomic E-state index is 0.122. The third kappa shape index (κ3) is 5.50. The lowest BCUT2D eigenvalue weighted by molar-refractivity contribution is -0.0884. The molecule has 5 nitrogen and oxygen atoms in total. The van der Waals surface area contributed by atoms with Crippen molar-refractivity contribution >= 4 is 23.0 Å². The fraction of sp³-hybridized carbons (Fsp3) is 0.182. The number of carbonyl (C=O) groups excluding carboxylic acids is 1. The summed E-state index contributed by atoms with van der Waals surface area (Å²) in [4.78, 5) is 12.4. The highest BCUT2D eigenvalue weighted by Crippen LogP contribution is 2.28. The molecule has 1 aliphatic rings. The van der Waals surface area contributed by atoms with Crippen LogP contribution in [0.4, 0.5) is 24.5 Å². The fourth-order valence-corrected chi connectivity index (χ4v) is 2.91. The molecule has 156 valence electrons. The Hall–Kier alpha value is -3.55. The molecular formula is C22H21F3N4O. The van der Waals surface area contributed by atoms with Crippen molar-refractivity contribution in [3.63, 3.8) is 0 Å². The quantitative estimate of drug-likeness (QED) is 0.548. The van der Waals surface area contributed by atoms with E-state index in [9.17, 15) is 18.0 Å². The maximum Gasteiger partial charge on any atom is 0.416 e. The Labute approximate surface area is 172 Å². The molecule has 0 radical (unpaired) electrons. The van der Waals surface area contributed by atoms with Gasteiger partial charge < -0.3 is 11.1 Å². The number of nitrogen functional groups attached to an aromatic ring is 1. The molecule has 8 heteroatoms. The number of amides is 1. The normalized spacial score (nSPS) is 15.1. The van der Waals surface area contributed by atoms with E-state index in [1.807, 2.05) is 0 Å². The van der Waals surface area contributed by atoms with E-state index >= 15 is 0 Å². The van der Waals surface area contributed by atoms with Crippen LogP contribution in [0.3, 0.4) is 0 Å². The van der Waals surface area contributed by atoms with E-state index in [0.717, 1.165) is 17.7 Å². The van der Waals surface area contributed by atoms with Crippen molar-refractivity contribution in [2.45, 2.75) is 19.1 Å². The molecule has 0 saturated carbocycles. The summed E-state index contributed by atoms with van der Waals surface area (Å²) in [5, 5.41) is 8.74. The maximum absolute atomic E-state index is 12.6. The molecule has 0 aliphatic heterocycles. The highest BCUT2D eigenvalue weighted by Gasteiger charge is 2.32. The molecule has 1 amide bonds. The van der Waals surface area contributed by atoms with E-state index in [4.69, 9.17) is 5.73 Å². The number of alkyl halides is 3. The van der Waals surface area contributed by atoms with E-state index in [1.165, 1.54) is 6.08 Å². The smallest absolute Gasteiger partial charge is 0.397 e. The number of hydrazone groups is 1. The first kappa shape index (κ1) is 21.2. The number of allylic oxidation sites excluding steroid dienone is 4. The Morgan fingerprint density at radius 3 is 2.43 bits per heavy atom. The van der Waals surface area contributed by atoms with Crippen LogP contribution >= 0.6 is 0 Å². The molecule has 1 aliphatic carbocycles. The molecule has 2 aromatic rings. The van der Waals surface area contributed by atoms with Gasteiger partial charge in [0, 0.05) is 19.0 Å². The van der Waals surface area contributed by atoms with Gasteiger partial charge in [0.2, 0.25) is 0 Å². The van der Waals surface area contributed by atoms with Crippen molar-refractivity contribution in [3.8, 4) is 0 Å². The van der Waals surface area contributed by atoms with Gasteiger partial charge in [0.15, 0.2) is 0 Å². The van der Waals surface area contributed by atoms with Crippen molar-refractivity contribution in [2.75, 3.05) is 18.1 Å². The average molecular weight is 414 g/mol. The Morgan fingerprint density at radius 2 is 1.83 bits per heavy atom. The van der Waals surface area contributed by atoms with Gasteiger partial charge >= 0.3 is 6.18 Å². The number of para-hydroxylation sites is 2. The number of hydrogen-bond acceptors (Lipinski definition) is 4. The molecule has 0 aromatic heterocycles. The molecule has 0 saturated heterocycles. The highest BCUT2D eigenvalue weighted by atomic mass is 19.4. The number of carbonyl (C=O) groups is 1. The first-order chi connectivity index (χ1) is 14.2. The minimum atomic E-state index is -4.34. The van der Waals surface area contributed by atoms with Gasteiger partial charge in [-0.05, 0) is 42.0 Å². The molecule has 0 fully saturated rings. The molecule has 0 spiro atoms. The maximum atomic E-state index is 12.6. The summed E-state index contributed by atoms with van der Waals surface area (Å²) < 4.78 is 37.9. The molecule has 0 unspecified atom stereocenters. The van der Waals surface area contributed by atoms with Gasteiger partial charge in [0.1, 0.15) is 0 Å². The van der Waals surface area contributed by atoms with Crippen molar-refractivity contribution in [1.29, 1.82) is 0 Å². The Morgan fingerprint density at radius 1 is 1.13 bits per heavy atom. The van der Waals surface area contributed by atoms with Gasteiger partial charge in [-0.1, -0.05) is 30.3 Å². The van der Waals surface area contributed by atoms with Gasteiger partial charge in [0.25, 0.3) is 5.91 Å². The second kappa shape index (κ2) is 8.86. The first-order valence-electron chi connectivity index (χ1n) is 9.21. The Bertz CT molecular complexity index is 1010. The number of anilines is 2. The average Bonchev–Trinajstić information content (AvgIpc) is 2.70. The number of halogens is 3. The minimum Gasteiger partial charge on any atom is -0.397 e. The summed E-state index contributed by atoms with van der Waals surface area (Å²) in [7, 11) is 1.74. The molecule has 30 heavy (non-hydrogen) atoms. The lowest BCUT2D eigenvalue weighted by Gasteiger charge is -2.17. The van der Waals surface area contributed by atoms with Crippen LogP contribution in [0.2, 0.25) is 0 Å². The van der Waals surface area contributed by atoms with Crippen LogP contribution in [0.15, 0.2) is 77.4 Å². The van der Waals surface area contributed by atoms with Crippen LogP contribution in [0.5, 0.6) is 0 Å². The zero-order valence-electron chi connectivity index (χ0n) is 16.3.